The molecule has 0 aliphatic carbocycles. The molecular formula is C21H19N3O4. The van der Waals surface area contributed by atoms with Crippen LogP contribution in [0, 0.1) is 22.7 Å². The van der Waals surface area contributed by atoms with Crippen LogP contribution in [0.1, 0.15) is 23.6 Å². The van der Waals surface area contributed by atoms with Gasteiger partial charge in [0.05, 0.1) is 30.4 Å². The van der Waals surface area contributed by atoms with Crippen molar-refractivity contribution in [3.63, 3.8) is 0 Å². The van der Waals surface area contributed by atoms with Crippen molar-refractivity contribution in [3.05, 3.63) is 53.1 Å². The molecule has 142 valence electrons. The van der Waals surface area contributed by atoms with Crippen molar-refractivity contribution in [2.45, 2.75) is 18.9 Å². The number of rotatable bonds is 5. The second kappa shape index (κ2) is 7.59. The minimum atomic E-state index is -1.79. The maximum absolute atomic E-state index is 12.9. The number of nitriles is 2. The third-order valence-electron chi connectivity index (χ3n) is 4.66. The van der Waals surface area contributed by atoms with E-state index in [1.54, 1.807) is 30.3 Å². The maximum atomic E-state index is 12.9. The first-order valence-electron chi connectivity index (χ1n) is 8.68. The van der Waals surface area contributed by atoms with E-state index in [1.807, 2.05) is 6.07 Å². The molecule has 0 saturated carbocycles. The molecule has 1 N–H and O–H groups in total. The van der Waals surface area contributed by atoms with Crippen LogP contribution in [0.25, 0.3) is 0 Å². The summed E-state index contributed by atoms with van der Waals surface area (Å²) in [6.07, 6.45) is 0.561. The predicted octanol–water partition coefficient (Wildman–Crippen LogP) is 2.16. The fraction of sp³-hybridized carbons (Fsp3) is 0.286. The normalized spacial score (nSPS) is 14.4. The third kappa shape index (κ3) is 3.48. The summed E-state index contributed by atoms with van der Waals surface area (Å²) in [4.78, 5) is 14.4. The fourth-order valence-corrected chi connectivity index (χ4v) is 3.18. The quantitative estimate of drug-likeness (QED) is 0.856. The molecular weight excluding hydrogens is 358 g/mol. The molecule has 1 atom stereocenters. The molecule has 28 heavy (non-hydrogen) atoms. The van der Waals surface area contributed by atoms with E-state index >= 15 is 0 Å². The van der Waals surface area contributed by atoms with Gasteiger partial charge in [0.2, 0.25) is 0 Å². The van der Waals surface area contributed by atoms with Gasteiger partial charge in [-0.05, 0) is 43.2 Å². The van der Waals surface area contributed by atoms with Crippen LogP contribution < -0.4 is 14.4 Å². The lowest BCUT2D eigenvalue weighted by atomic mass is 10.0. The number of amides is 1. The van der Waals surface area contributed by atoms with Crippen molar-refractivity contribution in [3.8, 4) is 23.6 Å². The van der Waals surface area contributed by atoms with Gasteiger partial charge in [0, 0.05) is 18.3 Å². The van der Waals surface area contributed by atoms with Gasteiger partial charge in [0.15, 0.2) is 17.1 Å². The summed E-state index contributed by atoms with van der Waals surface area (Å²) < 4.78 is 10.8. The van der Waals surface area contributed by atoms with E-state index in [4.69, 9.17) is 14.7 Å². The predicted molar refractivity (Wildman–Crippen MR) is 101 cm³/mol. The molecule has 1 aliphatic rings. The van der Waals surface area contributed by atoms with Crippen molar-refractivity contribution in [1.29, 1.82) is 10.5 Å². The first-order valence-corrected chi connectivity index (χ1v) is 8.68. The number of carbonyl (C=O) groups excluding carboxylic acids is 1. The fourth-order valence-electron chi connectivity index (χ4n) is 3.18. The van der Waals surface area contributed by atoms with Gasteiger partial charge >= 0.3 is 0 Å². The van der Waals surface area contributed by atoms with Crippen LogP contribution >= 0.6 is 0 Å². The monoisotopic (exact) mass is 377 g/mol. The van der Waals surface area contributed by atoms with E-state index in [0.29, 0.717) is 41.3 Å². The van der Waals surface area contributed by atoms with Gasteiger partial charge in [0.25, 0.3) is 5.91 Å². The largest absolute Gasteiger partial charge is 0.493 e. The Kier molecular flexibility index (Phi) is 5.21. The van der Waals surface area contributed by atoms with Gasteiger partial charge in [-0.25, -0.2) is 0 Å². The summed E-state index contributed by atoms with van der Waals surface area (Å²) >= 11 is 0. The zero-order valence-corrected chi connectivity index (χ0v) is 15.6. The molecule has 7 nitrogen and oxygen atoms in total. The zero-order chi connectivity index (χ0) is 20.3. The Morgan fingerprint density at radius 1 is 1.25 bits per heavy atom. The number of fused-ring (bicyclic) bond motifs is 1. The molecule has 2 aromatic rings. The Morgan fingerprint density at radius 3 is 2.71 bits per heavy atom. The molecule has 0 aromatic heterocycles. The molecule has 1 aliphatic heterocycles. The highest BCUT2D eigenvalue weighted by molar-refractivity contribution is 6.01. The van der Waals surface area contributed by atoms with E-state index in [0.717, 1.165) is 5.56 Å². The third-order valence-corrected chi connectivity index (χ3v) is 4.66. The molecule has 0 bridgehead atoms. The van der Waals surface area contributed by atoms with Crippen LogP contribution in [0.4, 0.5) is 5.69 Å². The van der Waals surface area contributed by atoms with Crippen molar-refractivity contribution < 1.29 is 19.4 Å². The van der Waals surface area contributed by atoms with E-state index in [9.17, 15) is 15.2 Å². The Balaban J connectivity index is 1.77. The number of anilines is 1. The number of carbonyl (C=O) groups is 1. The molecule has 0 fully saturated rings. The first kappa shape index (κ1) is 19.2. The summed E-state index contributed by atoms with van der Waals surface area (Å²) in [5.74, 6) is 0.157. The molecule has 0 radical (unpaired) electrons. The molecule has 2 aromatic carbocycles. The highest BCUT2D eigenvalue weighted by atomic mass is 16.5. The van der Waals surface area contributed by atoms with Crippen molar-refractivity contribution >= 4 is 11.6 Å². The van der Waals surface area contributed by atoms with Crippen LogP contribution in [0.3, 0.4) is 0 Å². The van der Waals surface area contributed by atoms with E-state index in [1.165, 1.54) is 25.0 Å². The smallest absolute Gasteiger partial charge is 0.262 e. The van der Waals surface area contributed by atoms with Crippen LogP contribution in [-0.2, 0) is 11.2 Å². The van der Waals surface area contributed by atoms with Crippen molar-refractivity contribution in [2.75, 3.05) is 25.2 Å². The van der Waals surface area contributed by atoms with Crippen molar-refractivity contribution in [1.82, 2.24) is 0 Å². The van der Waals surface area contributed by atoms with Gasteiger partial charge in [-0.1, -0.05) is 6.07 Å². The van der Waals surface area contributed by atoms with Gasteiger partial charge in [-0.2, -0.15) is 10.5 Å². The number of ether oxygens (including phenoxy) is 2. The average molecular weight is 377 g/mol. The topological polar surface area (TPSA) is 107 Å². The molecule has 7 heteroatoms. The van der Waals surface area contributed by atoms with Gasteiger partial charge in [-0.15, -0.1) is 0 Å². The van der Waals surface area contributed by atoms with Crippen LogP contribution in [-0.4, -0.2) is 36.9 Å². The van der Waals surface area contributed by atoms with Gasteiger partial charge in [-0.3, -0.25) is 4.79 Å². The summed E-state index contributed by atoms with van der Waals surface area (Å²) in [5.41, 5.74) is 0.604. The standard InChI is InChI=1S/C21H19N3O4/c1-21(26,13-28-18-7-6-14(11-22)10-19(18)27-2)20(25)24-9-8-16-15(12-23)4-3-5-17(16)24/h3-7,10,26H,8-9,13H2,1-2H3/t21-/m0/s1. The Bertz CT molecular complexity index is 1000. The first-order chi connectivity index (χ1) is 13.4. The minimum absolute atomic E-state index is 0.294. The molecule has 0 saturated heterocycles. The van der Waals surface area contributed by atoms with Crippen LogP contribution in [0.15, 0.2) is 36.4 Å². The zero-order valence-electron chi connectivity index (χ0n) is 15.6. The lowest BCUT2D eigenvalue weighted by molar-refractivity contribution is -0.137. The highest BCUT2D eigenvalue weighted by Crippen LogP contribution is 2.33. The van der Waals surface area contributed by atoms with Crippen LogP contribution in [0.5, 0.6) is 11.5 Å². The second-order valence-electron chi connectivity index (χ2n) is 6.66. The molecule has 0 spiro atoms. The number of aliphatic hydroxyl groups is 1. The number of hydrogen-bond acceptors (Lipinski definition) is 6. The lowest BCUT2D eigenvalue weighted by Gasteiger charge is -2.28. The van der Waals surface area contributed by atoms with E-state index < -0.39 is 11.5 Å². The SMILES string of the molecule is COc1cc(C#N)ccc1OC[C@](C)(O)C(=O)N1CCc2c(C#N)cccc21. The maximum Gasteiger partial charge on any atom is 0.262 e. The number of hydrogen-bond donors (Lipinski definition) is 1. The van der Waals surface area contributed by atoms with Crippen LogP contribution in [0.2, 0.25) is 0 Å². The van der Waals surface area contributed by atoms with Gasteiger partial charge < -0.3 is 19.5 Å². The van der Waals surface area contributed by atoms with E-state index in [-0.39, 0.29) is 6.61 Å². The highest BCUT2D eigenvalue weighted by Gasteiger charge is 2.39. The minimum Gasteiger partial charge on any atom is -0.493 e. The number of methoxy groups -OCH3 is 1. The molecule has 0 unspecified atom stereocenters. The lowest BCUT2D eigenvalue weighted by Crippen LogP contribution is -2.50. The Hall–Kier alpha value is -3.55. The number of benzene rings is 2. The second-order valence-corrected chi connectivity index (χ2v) is 6.66. The summed E-state index contributed by atoms with van der Waals surface area (Å²) in [6, 6.07) is 14.0. The number of nitrogens with zero attached hydrogens (tertiary/aromatic N) is 3. The molecule has 1 heterocycles. The van der Waals surface area contributed by atoms with E-state index in [2.05, 4.69) is 6.07 Å². The molecule has 3 rings (SSSR count). The Labute approximate surface area is 162 Å². The molecule has 1 amide bonds. The van der Waals surface area contributed by atoms with Gasteiger partial charge in [0.1, 0.15) is 6.61 Å². The summed E-state index contributed by atoms with van der Waals surface area (Å²) in [5, 5.41) is 28.9. The summed E-state index contributed by atoms with van der Waals surface area (Å²) in [6.45, 7) is 1.48. The Morgan fingerprint density at radius 2 is 2.04 bits per heavy atom. The average Bonchev–Trinajstić information content (AvgIpc) is 3.15. The summed E-state index contributed by atoms with van der Waals surface area (Å²) in [7, 11) is 1.45. The van der Waals surface area contributed by atoms with Crippen molar-refractivity contribution in [2.24, 2.45) is 0 Å².